The molecule has 0 bridgehead atoms. The Balaban J connectivity index is 4.14. The van der Waals surface area contributed by atoms with Crippen LogP contribution in [-0.2, 0) is 4.12 Å². The van der Waals surface area contributed by atoms with Crippen molar-refractivity contribution in [2.24, 2.45) is 11.5 Å². The molecule has 0 atom stereocenters. The molecule has 5 heteroatoms. The first-order valence-corrected chi connectivity index (χ1v) is 15.2. The summed E-state index contributed by atoms with van der Waals surface area (Å²) in [5, 5.41) is 0. The quantitative estimate of drug-likeness (QED) is 0.365. The van der Waals surface area contributed by atoms with Crippen molar-refractivity contribution in [3.63, 3.8) is 0 Å². The van der Waals surface area contributed by atoms with Gasteiger partial charge in [0.05, 0.1) is 0 Å². The molecule has 0 spiro atoms. The maximum Gasteiger partial charge on any atom is 0.176 e. The molecule has 0 aromatic carbocycles. The minimum atomic E-state index is -1.51. The summed E-state index contributed by atoms with van der Waals surface area (Å²) in [6, 6.07) is 2.66. The summed E-state index contributed by atoms with van der Waals surface area (Å²) in [7, 11) is -2.93. The molecule has 0 saturated carbocycles. The number of unbranched alkanes of at least 4 members (excludes halogenated alkanes) is 6. The summed E-state index contributed by atoms with van der Waals surface area (Å²) in [6.07, 6.45) is 10.2. The van der Waals surface area contributed by atoms with Gasteiger partial charge in [-0.05, 0) is 64.2 Å². The third kappa shape index (κ3) is 13.7. The molecule has 0 rings (SSSR count). The zero-order chi connectivity index (χ0) is 16.2. The van der Waals surface area contributed by atoms with Gasteiger partial charge in [0.2, 0.25) is 0 Å². The Morgan fingerprint density at radius 3 is 1.33 bits per heavy atom. The molecule has 3 nitrogen and oxygen atoms in total. The van der Waals surface area contributed by atoms with E-state index < -0.39 is 16.6 Å². The van der Waals surface area contributed by atoms with Gasteiger partial charge in [-0.3, -0.25) is 0 Å². The van der Waals surface area contributed by atoms with Crippen molar-refractivity contribution in [1.29, 1.82) is 0 Å². The smallest absolute Gasteiger partial charge is 0.176 e. The fraction of sp³-hybridized carbons (Fsp3) is 1.00. The van der Waals surface area contributed by atoms with Crippen LogP contribution in [-0.4, -0.2) is 29.7 Å². The molecule has 0 aliphatic carbocycles. The number of nitrogens with two attached hydrogens (primary N) is 2. The van der Waals surface area contributed by atoms with E-state index in [-0.39, 0.29) is 0 Å². The number of rotatable bonds is 14. The van der Waals surface area contributed by atoms with Crippen LogP contribution in [0.4, 0.5) is 0 Å². The normalized spacial score (nSPS) is 12.9. The zero-order valence-corrected chi connectivity index (χ0v) is 17.0. The summed E-state index contributed by atoms with van der Waals surface area (Å²) >= 11 is 0. The standard InChI is InChI=1S/C16H40N2OSi2/c1-20(2,3)19-21(4,15-11-7-5-9-13-17)16-12-8-6-10-14-18/h5-18H2,1-4H3. The maximum atomic E-state index is 6.67. The van der Waals surface area contributed by atoms with Crippen LogP contribution in [0.1, 0.15) is 51.4 Å². The number of hydrogen-bond acceptors (Lipinski definition) is 3. The molecule has 0 unspecified atom stereocenters. The highest BCUT2D eigenvalue weighted by Gasteiger charge is 2.33. The third-order valence-electron chi connectivity index (χ3n) is 3.87. The summed E-state index contributed by atoms with van der Waals surface area (Å²) in [5.74, 6) is 0. The van der Waals surface area contributed by atoms with Gasteiger partial charge >= 0.3 is 0 Å². The zero-order valence-electron chi connectivity index (χ0n) is 15.0. The first-order valence-electron chi connectivity index (χ1n) is 8.93. The Morgan fingerprint density at radius 1 is 0.619 bits per heavy atom. The summed E-state index contributed by atoms with van der Waals surface area (Å²) in [5.41, 5.74) is 11.1. The Bertz CT molecular complexity index is 231. The molecular formula is C16H40N2OSi2. The number of hydrogen-bond donors (Lipinski definition) is 2. The van der Waals surface area contributed by atoms with Crippen LogP contribution in [0.3, 0.4) is 0 Å². The van der Waals surface area contributed by atoms with Crippen molar-refractivity contribution < 1.29 is 4.12 Å². The van der Waals surface area contributed by atoms with Crippen LogP contribution in [0.5, 0.6) is 0 Å². The highest BCUT2D eigenvalue weighted by Crippen LogP contribution is 2.27. The topological polar surface area (TPSA) is 61.3 Å². The van der Waals surface area contributed by atoms with Gasteiger partial charge in [-0.25, -0.2) is 0 Å². The van der Waals surface area contributed by atoms with Gasteiger partial charge in [-0.2, -0.15) is 0 Å². The Morgan fingerprint density at radius 2 is 1.00 bits per heavy atom. The van der Waals surface area contributed by atoms with Crippen molar-refractivity contribution in [2.75, 3.05) is 13.1 Å². The minimum Gasteiger partial charge on any atom is -0.456 e. The molecule has 0 aliphatic rings. The van der Waals surface area contributed by atoms with Crippen LogP contribution >= 0.6 is 0 Å². The Kier molecular flexibility index (Phi) is 12.0. The van der Waals surface area contributed by atoms with Gasteiger partial charge < -0.3 is 15.6 Å². The lowest BCUT2D eigenvalue weighted by molar-refractivity contribution is 0.519. The van der Waals surface area contributed by atoms with E-state index in [1.165, 1.54) is 63.5 Å². The van der Waals surface area contributed by atoms with Crippen LogP contribution in [0.25, 0.3) is 0 Å². The van der Waals surface area contributed by atoms with Crippen molar-refractivity contribution in [2.45, 2.75) is 89.6 Å². The molecule has 0 saturated heterocycles. The van der Waals surface area contributed by atoms with E-state index in [2.05, 4.69) is 26.2 Å². The van der Waals surface area contributed by atoms with E-state index in [4.69, 9.17) is 15.6 Å². The fourth-order valence-corrected chi connectivity index (χ4v) is 11.9. The van der Waals surface area contributed by atoms with Gasteiger partial charge in [0.25, 0.3) is 0 Å². The van der Waals surface area contributed by atoms with Gasteiger partial charge in [-0.15, -0.1) is 0 Å². The van der Waals surface area contributed by atoms with Gasteiger partial charge in [0.15, 0.2) is 16.6 Å². The predicted molar refractivity (Wildman–Crippen MR) is 101 cm³/mol. The molecule has 0 amide bonds. The first kappa shape index (κ1) is 21.3. The lowest BCUT2D eigenvalue weighted by Gasteiger charge is -2.35. The second-order valence-electron chi connectivity index (χ2n) is 7.57. The molecule has 0 aromatic heterocycles. The van der Waals surface area contributed by atoms with Crippen molar-refractivity contribution in [3.8, 4) is 0 Å². The molecule has 0 fully saturated rings. The fourth-order valence-electron chi connectivity index (χ4n) is 2.96. The van der Waals surface area contributed by atoms with Crippen molar-refractivity contribution in [1.82, 2.24) is 0 Å². The molecule has 0 aromatic rings. The van der Waals surface area contributed by atoms with E-state index >= 15 is 0 Å². The van der Waals surface area contributed by atoms with Crippen molar-refractivity contribution in [3.05, 3.63) is 0 Å². The lowest BCUT2D eigenvalue weighted by Crippen LogP contribution is -2.44. The Hall–Kier alpha value is 0.314. The first-order chi connectivity index (χ1) is 9.83. The molecular weight excluding hydrogens is 292 g/mol. The SMILES string of the molecule is C[Si](C)(C)O[Si](C)(CCCCCCN)CCCCCCN. The summed E-state index contributed by atoms with van der Waals surface area (Å²) in [6.45, 7) is 11.1. The highest BCUT2D eigenvalue weighted by atomic mass is 28.4. The van der Waals surface area contributed by atoms with E-state index in [1.54, 1.807) is 0 Å². The van der Waals surface area contributed by atoms with E-state index in [0.29, 0.717) is 0 Å². The molecule has 21 heavy (non-hydrogen) atoms. The summed E-state index contributed by atoms with van der Waals surface area (Å²) in [4.78, 5) is 0. The molecule has 0 aliphatic heterocycles. The molecule has 0 radical (unpaired) electrons. The van der Waals surface area contributed by atoms with E-state index in [0.717, 1.165) is 13.1 Å². The maximum absolute atomic E-state index is 6.67. The highest BCUT2D eigenvalue weighted by molar-refractivity contribution is 6.84. The third-order valence-corrected chi connectivity index (χ3v) is 11.1. The summed E-state index contributed by atoms with van der Waals surface area (Å²) < 4.78 is 6.67. The van der Waals surface area contributed by atoms with Gasteiger partial charge in [0.1, 0.15) is 0 Å². The molecule has 128 valence electrons. The van der Waals surface area contributed by atoms with E-state index in [1.807, 2.05) is 0 Å². The lowest BCUT2D eigenvalue weighted by atomic mass is 10.2. The average Bonchev–Trinajstić information content (AvgIpc) is 2.36. The predicted octanol–water partition coefficient (Wildman–Crippen LogP) is 4.45. The van der Waals surface area contributed by atoms with Crippen LogP contribution in [0.15, 0.2) is 0 Å². The monoisotopic (exact) mass is 332 g/mol. The minimum absolute atomic E-state index is 0.835. The van der Waals surface area contributed by atoms with Crippen LogP contribution in [0.2, 0.25) is 38.3 Å². The van der Waals surface area contributed by atoms with Crippen LogP contribution < -0.4 is 11.5 Å². The van der Waals surface area contributed by atoms with E-state index in [9.17, 15) is 0 Å². The molecule has 4 N–H and O–H groups in total. The average molecular weight is 333 g/mol. The second kappa shape index (κ2) is 11.8. The second-order valence-corrected chi connectivity index (χ2v) is 16.5. The Labute approximate surface area is 135 Å². The van der Waals surface area contributed by atoms with Crippen LogP contribution in [0, 0.1) is 0 Å². The van der Waals surface area contributed by atoms with Gasteiger partial charge in [0, 0.05) is 0 Å². The largest absolute Gasteiger partial charge is 0.456 e. The van der Waals surface area contributed by atoms with Crippen molar-refractivity contribution >= 4 is 16.6 Å². The van der Waals surface area contributed by atoms with Gasteiger partial charge in [-0.1, -0.05) is 38.5 Å². The molecule has 0 heterocycles.